The Hall–Kier alpha value is -2.71. The van der Waals surface area contributed by atoms with Crippen LogP contribution in [0.15, 0.2) is 77.5 Å². The van der Waals surface area contributed by atoms with Gasteiger partial charge in [0.05, 0.1) is 18.0 Å². The van der Waals surface area contributed by atoms with Crippen LogP contribution >= 0.6 is 22.7 Å². The normalized spacial score (nSPS) is 23.2. The number of nitrogens with one attached hydrogen (secondary N) is 1. The zero-order valence-electron chi connectivity index (χ0n) is 20.3. The lowest BCUT2D eigenvalue weighted by Crippen LogP contribution is -3.00. The number of anilines is 1. The van der Waals surface area contributed by atoms with Gasteiger partial charge in [-0.2, -0.15) is 0 Å². The van der Waals surface area contributed by atoms with Gasteiger partial charge in [0.1, 0.15) is 13.1 Å². The van der Waals surface area contributed by atoms with E-state index in [1.807, 2.05) is 60.0 Å². The van der Waals surface area contributed by atoms with E-state index in [0.29, 0.717) is 12.5 Å². The van der Waals surface area contributed by atoms with Crippen molar-refractivity contribution in [3.63, 3.8) is 0 Å². The Morgan fingerprint density at radius 2 is 1.76 bits per heavy atom. The van der Waals surface area contributed by atoms with E-state index >= 15 is 0 Å². The summed E-state index contributed by atoms with van der Waals surface area (Å²) in [5.41, 5.74) is 1.82. The molecule has 1 unspecified atom stereocenters. The average molecular weight is 553 g/mol. The molecule has 2 aromatic carbocycles. The number of carbonyl (C=O) groups excluding carboxylic acids is 2. The first kappa shape index (κ1) is 25.9. The van der Waals surface area contributed by atoms with Crippen LogP contribution in [-0.2, 0) is 9.53 Å². The summed E-state index contributed by atoms with van der Waals surface area (Å²) in [5, 5.41) is 8.59. The fourth-order valence-electron chi connectivity index (χ4n) is 5.82. The Morgan fingerprint density at radius 3 is 2.51 bits per heavy atom. The van der Waals surface area contributed by atoms with Crippen molar-refractivity contribution in [1.29, 1.82) is 0 Å². The summed E-state index contributed by atoms with van der Waals surface area (Å²) in [6, 6.07) is 21.2. The number of benzene rings is 2. The summed E-state index contributed by atoms with van der Waals surface area (Å²) >= 11 is 3.15. The Bertz CT molecular complexity index is 1360. The molecule has 2 bridgehead atoms. The maximum Gasteiger partial charge on any atom is 0.333 e. The van der Waals surface area contributed by atoms with Crippen LogP contribution in [0.3, 0.4) is 0 Å². The summed E-state index contributed by atoms with van der Waals surface area (Å²) in [5.74, 6) is 0.311. The highest BCUT2D eigenvalue weighted by Crippen LogP contribution is 2.38. The predicted octanol–water partition coefficient (Wildman–Crippen LogP) is 3.16. The molecule has 7 rings (SSSR count). The Balaban J connectivity index is 0.00000280. The molecule has 5 heterocycles. The van der Waals surface area contributed by atoms with Gasteiger partial charge in [-0.3, -0.25) is 4.79 Å². The van der Waals surface area contributed by atoms with Crippen LogP contribution in [0, 0.1) is 5.92 Å². The van der Waals surface area contributed by atoms with E-state index in [-0.39, 0.29) is 30.3 Å². The molecule has 0 radical (unpaired) electrons. The molecule has 1 N–H and O–H groups in total. The largest absolute Gasteiger partial charge is 1.00 e. The molecule has 37 heavy (non-hydrogen) atoms. The number of ether oxygens (including phenoxy) is 1. The van der Waals surface area contributed by atoms with Gasteiger partial charge in [0.15, 0.2) is 12.1 Å². The molecule has 0 aliphatic carbocycles. The first-order valence-corrected chi connectivity index (χ1v) is 14.3. The molecule has 3 aliphatic heterocycles. The van der Waals surface area contributed by atoms with E-state index in [1.165, 1.54) is 11.3 Å². The Morgan fingerprint density at radius 1 is 0.946 bits per heavy atom. The number of rotatable bonds is 8. The Labute approximate surface area is 231 Å². The van der Waals surface area contributed by atoms with E-state index < -0.39 is 6.04 Å². The number of thiophene rings is 2. The molecule has 5 nitrogen and oxygen atoms in total. The van der Waals surface area contributed by atoms with Gasteiger partial charge >= 0.3 is 5.97 Å². The predicted molar refractivity (Wildman–Crippen MR) is 146 cm³/mol. The number of esters is 1. The maximum absolute atomic E-state index is 13.8. The smallest absolute Gasteiger partial charge is 0.333 e. The molecule has 8 heteroatoms. The summed E-state index contributed by atoms with van der Waals surface area (Å²) in [6.07, 6.45) is 1.82. The van der Waals surface area contributed by atoms with Gasteiger partial charge in [0.2, 0.25) is 5.78 Å². The molecule has 4 aromatic rings. The number of halogens is 1. The lowest BCUT2D eigenvalue weighted by molar-refractivity contribution is -0.938. The zero-order valence-corrected chi connectivity index (χ0v) is 22.7. The highest BCUT2D eigenvalue weighted by atomic mass is 35.5. The lowest BCUT2D eigenvalue weighted by atomic mass is 9.83. The molecule has 192 valence electrons. The second kappa shape index (κ2) is 11.0. The van der Waals surface area contributed by atoms with Crippen LogP contribution in [0.5, 0.6) is 0 Å². The highest BCUT2D eigenvalue weighted by Gasteiger charge is 2.49. The fourth-order valence-corrected chi connectivity index (χ4v) is 7.42. The molecule has 0 amide bonds. The molecule has 2 aromatic heterocycles. The van der Waals surface area contributed by atoms with Crippen molar-refractivity contribution < 1.29 is 31.2 Å². The quantitative estimate of drug-likeness (QED) is 0.207. The molecule has 3 fully saturated rings. The molecule has 3 aliphatic rings. The summed E-state index contributed by atoms with van der Waals surface area (Å²) in [4.78, 5) is 27.6. The highest BCUT2D eigenvalue weighted by molar-refractivity contribution is 7.17. The van der Waals surface area contributed by atoms with Crippen molar-refractivity contribution >= 4 is 50.2 Å². The number of para-hydroxylation sites is 1. The first-order valence-electron chi connectivity index (χ1n) is 12.5. The van der Waals surface area contributed by atoms with Gasteiger partial charge in [-0.15, -0.1) is 22.7 Å². The van der Waals surface area contributed by atoms with E-state index in [0.717, 1.165) is 63.2 Å². The van der Waals surface area contributed by atoms with E-state index in [4.69, 9.17) is 4.74 Å². The summed E-state index contributed by atoms with van der Waals surface area (Å²) < 4.78 is 8.14. The van der Waals surface area contributed by atoms with E-state index in [1.54, 1.807) is 11.3 Å². The average Bonchev–Trinajstić information content (AvgIpc) is 3.61. The molecular formula is C29H29ClN2O3S2. The second-order valence-corrected chi connectivity index (χ2v) is 11.8. The number of fused-ring (bicyclic) bond motifs is 4. The van der Waals surface area contributed by atoms with Crippen LogP contribution < -0.4 is 17.7 Å². The van der Waals surface area contributed by atoms with Crippen molar-refractivity contribution in [3.05, 3.63) is 87.9 Å². The molecule has 3 saturated heterocycles. The number of quaternary nitrogens is 1. The Kier molecular flexibility index (Phi) is 7.67. The molecule has 0 saturated carbocycles. The van der Waals surface area contributed by atoms with Crippen LogP contribution in [0.25, 0.3) is 10.1 Å². The standard InChI is InChI=1S/C29H29N2O3S2.ClH/c32-24(26-10-5-16-35-26)18-31-14-11-20(12-15-31)25(19-31)34-29(33)27(30-22-7-2-1-3-8-22)23-9-4-6-21-13-17-36-28(21)23;/h1-10,13,16-17,20,25,27,30H,11-12,14-15,18-19H2;1H/q+1;/p-1/t20?,25-,27?,31?;/m0./s1. The maximum atomic E-state index is 13.8. The van der Waals surface area contributed by atoms with Gasteiger partial charge < -0.3 is 26.9 Å². The third-order valence-corrected chi connectivity index (χ3v) is 9.62. The van der Waals surface area contributed by atoms with Crippen molar-refractivity contribution in [3.8, 4) is 0 Å². The third-order valence-electron chi connectivity index (χ3n) is 7.72. The van der Waals surface area contributed by atoms with Crippen LogP contribution in [-0.4, -0.2) is 48.5 Å². The lowest BCUT2D eigenvalue weighted by Gasteiger charge is -2.51. The van der Waals surface area contributed by atoms with Crippen LogP contribution in [0.4, 0.5) is 5.69 Å². The third kappa shape index (κ3) is 5.32. The van der Waals surface area contributed by atoms with Crippen LogP contribution in [0.1, 0.15) is 34.1 Å². The number of ketones is 1. The number of Topliss-reactive ketones (excluding diaryl/α,β-unsaturated/α-hetero) is 1. The number of hydrogen-bond donors (Lipinski definition) is 1. The van der Waals surface area contributed by atoms with Gasteiger partial charge in [0.25, 0.3) is 0 Å². The zero-order chi connectivity index (χ0) is 24.5. The van der Waals surface area contributed by atoms with Crippen molar-refractivity contribution in [2.24, 2.45) is 5.92 Å². The van der Waals surface area contributed by atoms with Gasteiger partial charge in [0, 0.05) is 34.7 Å². The number of hydrogen-bond acceptors (Lipinski definition) is 6. The summed E-state index contributed by atoms with van der Waals surface area (Å²) in [6.45, 7) is 3.17. The van der Waals surface area contributed by atoms with Crippen LogP contribution in [0.2, 0.25) is 0 Å². The van der Waals surface area contributed by atoms with Crippen molar-refractivity contribution in [2.45, 2.75) is 25.0 Å². The minimum Gasteiger partial charge on any atom is -1.00 e. The van der Waals surface area contributed by atoms with Gasteiger partial charge in [-0.25, -0.2) is 4.79 Å². The molecular weight excluding hydrogens is 524 g/mol. The first-order chi connectivity index (χ1) is 17.6. The number of carbonyl (C=O) groups is 2. The molecule has 0 spiro atoms. The number of nitrogens with zero attached hydrogens (tertiary/aromatic N) is 1. The second-order valence-electron chi connectivity index (χ2n) is 9.97. The van der Waals surface area contributed by atoms with Crippen molar-refractivity contribution in [2.75, 3.05) is 31.5 Å². The minimum atomic E-state index is -0.605. The van der Waals surface area contributed by atoms with E-state index in [2.05, 4.69) is 22.8 Å². The molecule has 2 atom stereocenters. The fraction of sp³-hybridized carbons (Fsp3) is 0.310. The van der Waals surface area contributed by atoms with Gasteiger partial charge in [-0.1, -0.05) is 42.5 Å². The van der Waals surface area contributed by atoms with E-state index in [9.17, 15) is 9.59 Å². The monoisotopic (exact) mass is 552 g/mol. The number of piperidine rings is 3. The summed E-state index contributed by atoms with van der Waals surface area (Å²) in [7, 11) is 0. The van der Waals surface area contributed by atoms with Gasteiger partial charge in [-0.05, 0) is 40.4 Å². The minimum absolute atomic E-state index is 0. The topological polar surface area (TPSA) is 55.4 Å². The van der Waals surface area contributed by atoms with Crippen molar-refractivity contribution in [1.82, 2.24) is 0 Å². The SMILES string of the molecule is O=C(C[N+]12CCC(CC1)[C@@H](OC(=O)C(Nc1ccccc1)c1cccc3ccsc13)C2)c1cccs1.[Cl-].